The summed E-state index contributed by atoms with van der Waals surface area (Å²) in [6.07, 6.45) is 1.29. The van der Waals surface area contributed by atoms with Gasteiger partial charge in [-0.25, -0.2) is 22.6 Å². The number of nitrogens with zero attached hydrogens (tertiary/aromatic N) is 2. The zero-order valence-corrected chi connectivity index (χ0v) is 16.2. The smallest absolute Gasteiger partial charge is 0.363 e. The van der Waals surface area contributed by atoms with Gasteiger partial charge in [-0.3, -0.25) is 0 Å². The largest absolute Gasteiger partial charge is 0.402 e. The van der Waals surface area contributed by atoms with Gasteiger partial charge in [-0.15, -0.1) is 0 Å². The lowest BCUT2D eigenvalue weighted by atomic mass is 10.2. The molecule has 3 rings (SSSR count). The Labute approximate surface area is 163 Å². The summed E-state index contributed by atoms with van der Waals surface area (Å²) in [6.45, 7) is 4.20. The van der Waals surface area contributed by atoms with Crippen LogP contribution in [-0.4, -0.2) is 37.7 Å². The highest BCUT2D eigenvalue weighted by Gasteiger charge is 2.27. The maximum Gasteiger partial charge on any atom is 0.363 e. The van der Waals surface area contributed by atoms with Crippen molar-refractivity contribution in [1.82, 2.24) is 4.31 Å². The van der Waals surface area contributed by atoms with E-state index in [4.69, 9.17) is 4.74 Å². The summed E-state index contributed by atoms with van der Waals surface area (Å²) in [4.78, 5) is 16.3. The quantitative estimate of drug-likeness (QED) is 0.549. The van der Waals surface area contributed by atoms with Gasteiger partial charge in [0.15, 0.2) is 5.70 Å². The van der Waals surface area contributed by atoms with Gasteiger partial charge >= 0.3 is 5.97 Å². The summed E-state index contributed by atoms with van der Waals surface area (Å²) in [7, 11) is -3.66. The molecule has 2 aromatic rings. The molecule has 1 aliphatic rings. The molecule has 0 saturated carbocycles. The first-order chi connectivity index (χ1) is 13.4. The number of sulfonamides is 1. The van der Waals surface area contributed by atoms with Crippen molar-refractivity contribution in [3.05, 3.63) is 71.2 Å². The Kier molecular flexibility index (Phi) is 5.71. The molecule has 0 radical (unpaired) electrons. The molecule has 0 N–H and O–H groups in total. The molecular weight excluding hydrogens is 383 g/mol. The highest BCUT2D eigenvalue weighted by molar-refractivity contribution is 7.89. The van der Waals surface area contributed by atoms with Gasteiger partial charge in [0.05, 0.1) is 4.90 Å². The van der Waals surface area contributed by atoms with E-state index in [-0.39, 0.29) is 22.1 Å². The lowest BCUT2D eigenvalue weighted by molar-refractivity contribution is -0.129. The minimum Gasteiger partial charge on any atom is -0.402 e. The number of cyclic esters (lactones) is 1. The Bertz CT molecular complexity index is 1070. The van der Waals surface area contributed by atoms with Crippen LogP contribution in [-0.2, 0) is 19.6 Å². The molecule has 2 aromatic carbocycles. The first-order valence-corrected chi connectivity index (χ1v) is 10.2. The lowest BCUT2D eigenvalue weighted by Gasteiger charge is -2.18. The van der Waals surface area contributed by atoms with E-state index >= 15 is 0 Å². The summed E-state index contributed by atoms with van der Waals surface area (Å²) in [5.41, 5.74) is 0.493. The number of rotatable bonds is 6. The van der Waals surface area contributed by atoms with Gasteiger partial charge in [0.1, 0.15) is 5.82 Å². The molecule has 0 unspecified atom stereocenters. The second-order valence-electron chi connectivity index (χ2n) is 5.97. The third-order valence-electron chi connectivity index (χ3n) is 4.24. The molecule has 28 heavy (non-hydrogen) atoms. The van der Waals surface area contributed by atoms with Gasteiger partial charge in [-0.2, -0.15) is 4.31 Å². The predicted octanol–water partition coefficient (Wildman–Crippen LogP) is 3.20. The number of carbonyl (C=O) groups is 1. The molecule has 146 valence electrons. The average molecular weight is 402 g/mol. The van der Waals surface area contributed by atoms with Gasteiger partial charge in [0, 0.05) is 24.2 Å². The zero-order valence-electron chi connectivity index (χ0n) is 15.4. The average Bonchev–Trinajstić information content (AvgIpc) is 3.05. The Hall–Kier alpha value is -2.84. The normalized spacial score (nSPS) is 15.8. The molecule has 0 fully saturated rings. The molecule has 0 atom stereocenters. The van der Waals surface area contributed by atoms with E-state index < -0.39 is 21.8 Å². The second-order valence-corrected chi connectivity index (χ2v) is 7.91. The first-order valence-electron chi connectivity index (χ1n) is 8.74. The summed E-state index contributed by atoms with van der Waals surface area (Å²) in [5.74, 6) is -1.24. The van der Waals surface area contributed by atoms with Crippen LogP contribution < -0.4 is 0 Å². The van der Waals surface area contributed by atoms with Crippen LogP contribution in [0.2, 0.25) is 0 Å². The Morgan fingerprint density at radius 2 is 1.82 bits per heavy atom. The summed E-state index contributed by atoms with van der Waals surface area (Å²) in [6, 6.07) is 12.0. The topological polar surface area (TPSA) is 76.0 Å². The highest BCUT2D eigenvalue weighted by Crippen LogP contribution is 2.23. The number of hydrogen-bond acceptors (Lipinski definition) is 5. The molecule has 6 nitrogen and oxygen atoms in total. The van der Waals surface area contributed by atoms with Crippen LogP contribution >= 0.6 is 0 Å². The second kappa shape index (κ2) is 8.04. The van der Waals surface area contributed by atoms with Gasteiger partial charge in [0.25, 0.3) is 0 Å². The predicted molar refractivity (Wildman–Crippen MR) is 104 cm³/mol. The number of benzene rings is 2. The van der Waals surface area contributed by atoms with Crippen molar-refractivity contribution in [3.63, 3.8) is 0 Å². The fraction of sp³-hybridized carbons (Fsp3) is 0.200. The number of aliphatic imine (C=N–C) groups is 1. The SMILES string of the molecule is CCN(CC)S(=O)(=O)c1cccc(C2=NC(=Cc3ccccc3F)C(=O)O2)c1. The maximum atomic E-state index is 13.8. The third-order valence-corrected chi connectivity index (χ3v) is 6.29. The van der Waals surface area contributed by atoms with Gasteiger partial charge in [-0.1, -0.05) is 38.1 Å². The zero-order chi connectivity index (χ0) is 20.3. The molecule has 0 aliphatic carbocycles. The molecule has 0 amide bonds. The van der Waals surface area contributed by atoms with Crippen LogP contribution in [0.5, 0.6) is 0 Å². The monoisotopic (exact) mass is 402 g/mol. The van der Waals surface area contributed by atoms with Crippen LogP contribution in [0, 0.1) is 5.82 Å². The van der Waals surface area contributed by atoms with Crippen molar-refractivity contribution < 1.29 is 22.3 Å². The van der Waals surface area contributed by atoms with E-state index in [1.807, 2.05) is 0 Å². The Balaban J connectivity index is 1.97. The van der Waals surface area contributed by atoms with Crippen molar-refractivity contribution in [2.24, 2.45) is 4.99 Å². The molecule has 1 heterocycles. The molecule has 0 aromatic heterocycles. The standard InChI is InChI=1S/C20H19FN2O4S/c1-3-23(4-2)28(25,26)16-10-7-9-15(12-16)19-22-18(20(24)27-19)13-14-8-5-6-11-17(14)21/h5-13H,3-4H2,1-2H3. The number of carbonyl (C=O) groups excluding carboxylic acids is 1. The molecule has 0 bridgehead atoms. The van der Waals surface area contributed by atoms with Crippen molar-refractivity contribution in [1.29, 1.82) is 0 Å². The highest BCUT2D eigenvalue weighted by atomic mass is 32.2. The number of halogens is 1. The van der Waals surface area contributed by atoms with E-state index in [0.29, 0.717) is 18.7 Å². The van der Waals surface area contributed by atoms with E-state index in [1.54, 1.807) is 38.1 Å². The van der Waals surface area contributed by atoms with Crippen LogP contribution in [0.3, 0.4) is 0 Å². The number of ether oxygens (including phenoxy) is 1. The van der Waals surface area contributed by atoms with Crippen molar-refractivity contribution in [2.45, 2.75) is 18.7 Å². The minimum atomic E-state index is -3.66. The van der Waals surface area contributed by atoms with Crippen LogP contribution in [0.1, 0.15) is 25.0 Å². The lowest BCUT2D eigenvalue weighted by Crippen LogP contribution is -2.30. The van der Waals surface area contributed by atoms with E-state index in [1.165, 1.54) is 34.6 Å². The Morgan fingerprint density at radius 3 is 2.50 bits per heavy atom. The van der Waals surface area contributed by atoms with Gasteiger partial charge < -0.3 is 4.74 Å². The van der Waals surface area contributed by atoms with Crippen molar-refractivity contribution in [3.8, 4) is 0 Å². The van der Waals surface area contributed by atoms with E-state index in [0.717, 1.165) is 0 Å². The van der Waals surface area contributed by atoms with E-state index in [9.17, 15) is 17.6 Å². The van der Waals surface area contributed by atoms with Crippen LogP contribution in [0.15, 0.2) is 64.1 Å². The summed E-state index contributed by atoms with van der Waals surface area (Å²) < 4.78 is 45.7. The van der Waals surface area contributed by atoms with E-state index in [2.05, 4.69) is 4.99 Å². The van der Waals surface area contributed by atoms with Crippen molar-refractivity contribution >= 4 is 28.0 Å². The molecule has 8 heteroatoms. The number of esters is 1. The maximum absolute atomic E-state index is 13.8. The molecular formula is C20H19FN2O4S. The van der Waals surface area contributed by atoms with Crippen molar-refractivity contribution in [2.75, 3.05) is 13.1 Å². The fourth-order valence-electron chi connectivity index (χ4n) is 2.77. The van der Waals surface area contributed by atoms with Gasteiger partial charge in [-0.05, 0) is 30.3 Å². The van der Waals surface area contributed by atoms with Crippen LogP contribution in [0.4, 0.5) is 4.39 Å². The molecule has 0 saturated heterocycles. The Morgan fingerprint density at radius 1 is 1.11 bits per heavy atom. The van der Waals surface area contributed by atoms with Gasteiger partial charge in [0.2, 0.25) is 15.9 Å². The third kappa shape index (κ3) is 3.88. The fourth-order valence-corrected chi connectivity index (χ4v) is 4.28. The summed E-state index contributed by atoms with van der Waals surface area (Å²) >= 11 is 0. The first kappa shape index (κ1) is 19.9. The van der Waals surface area contributed by atoms with Crippen LogP contribution in [0.25, 0.3) is 6.08 Å². The molecule has 1 aliphatic heterocycles. The number of hydrogen-bond donors (Lipinski definition) is 0. The minimum absolute atomic E-state index is 0.0239. The molecule has 0 spiro atoms. The summed E-state index contributed by atoms with van der Waals surface area (Å²) in [5, 5.41) is 0.